The summed E-state index contributed by atoms with van der Waals surface area (Å²) < 4.78 is 1.98. The molecule has 18 heavy (non-hydrogen) atoms. The van der Waals surface area contributed by atoms with Gasteiger partial charge in [-0.2, -0.15) is 0 Å². The van der Waals surface area contributed by atoms with Crippen LogP contribution < -0.4 is 5.32 Å². The highest BCUT2D eigenvalue weighted by Gasteiger charge is 2.16. The first-order valence-electron chi connectivity index (χ1n) is 6.45. The van der Waals surface area contributed by atoms with Gasteiger partial charge >= 0.3 is 0 Å². The van der Waals surface area contributed by atoms with Gasteiger partial charge < -0.3 is 5.32 Å². The number of carbonyl (C=O) groups excluding carboxylic acids is 1. The molecule has 0 radical (unpaired) electrons. The minimum atomic E-state index is 0.313. The molecule has 2 aromatic heterocycles. The molecule has 0 aromatic carbocycles. The lowest BCUT2D eigenvalue weighted by atomic mass is 9.99. The van der Waals surface area contributed by atoms with Crippen molar-refractivity contribution in [2.24, 2.45) is 5.92 Å². The second kappa shape index (κ2) is 5.20. The van der Waals surface area contributed by atoms with Gasteiger partial charge in [0.25, 0.3) is 0 Å². The summed E-state index contributed by atoms with van der Waals surface area (Å²) in [5, 5.41) is 5.34. The van der Waals surface area contributed by atoms with E-state index in [-0.39, 0.29) is 0 Å². The molecule has 3 heterocycles. The van der Waals surface area contributed by atoms with Crippen LogP contribution >= 0.6 is 11.3 Å². The third kappa shape index (κ3) is 2.62. The maximum atomic E-state index is 11.9. The molecule has 0 aliphatic carbocycles. The molecule has 1 unspecified atom stereocenters. The van der Waals surface area contributed by atoms with Gasteiger partial charge in [-0.1, -0.05) is 0 Å². The van der Waals surface area contributed by atoms with E-state index in [0.717, 1.165) is 30.2 Å². The Morgan fingerprint density at radius 2 is 2.56 bits per heavy atom. The van der Waals surface area contributed by atoms with E-state index in [2.05, 4.69) is 10.3 Å². The number of ketones is 1. The number of nitrogens with one attached hydrogen (secondary N) is 1. The van der Waals surface area contributed by atoms with Gasteiger partial charge in [0.1, 0.15) is 5.78 Å². The zero-order valence-corrected chi connectivity index (χ0v) is 11.1. The van der Waals surface area contributed by atoms with Crippen LogP contribution in [0.3, 0.4) is 0 Å². The van der Waals surface area contributed by atoms with Crippen LogP contribution in [0.25, 0.3) is 4.96 Å². The van der Waals surface area contributed by atoms with E-state index in [0.29, 0.717) is 24.5 Å². The minimum absolute atomic E-state index is 0.313. The third-order valence-electron chi connectivity index (χ3n) is 3.52. The highest BCUT2D eigenvalue weighted by Crippen LogP contribution is 2.16. The van der Waals surface area contributed by atoms with E-state index in [1.165, 1.54) is 6.42 Å². The Hall–Kier alpha value is -1.20. The van der Waals surface area contributed by atoms with Crippen LogP contribution in [0.2, 0.25) is 0 Å². The van der Waals surface area contributed by atoms with Crippen LogP contribution in [-0.4, -0.2) is 28.3 Å². The van der Waals surface area contributed by atoms with Crippen LogP contribution in [0.5, 0.6) is 0 Å². The zero-order valence-electron chi connectivity index (χ0n) is 10.3. The number of hydrogen-bond donors (Lipinski definition) is 1. The van der Waals surface area contributed by atoms with Crippen molar-refractivity contribution in [2.45, 2.75) is 25.7 Å². The molecule has 0 bridgehead atoms. The fraction of sp³-hybridized carbons (Fsp3) is 0.538. The summed E-state index contributed by atoms with van der Waals surface area (Å²) in [5.41, 5.74) is 0.899. The molecule has 1 aliphatic rings. The van der Waals surface area contributed by atoms with Gasteiger partial charge in [-0.15, -0.1) is 11.3 Å². The number of aromatic nitrogens is 2. The van der Waals surface area contributed by atoms with Gasteiger partial charge in [0.05, 0.1) is 12.1 Å². The number of thiazole rings is 1. The number of carbonyl (C=O) groups is 1. The summed E-state index contributed by atoms with van der Waals surface area (Å²) in [6.07, 6.45) is 7.35. The Morgan fingerprint density at radius 1 is 1.61 bits per heavy atom. The van der Waals surface area contributed by atoms with E-state index in [4.69, 9.17) is 0 Å². The van der Waals surface area contributed by atoms with E-state index in [1.807, 2.05) is 22.2 Å². The van der Waals surface area contributed by atoms with Crippen LogP contribution in [0.1, 0.15) is 25.0 Å². The van der Waals surface area contributed by atoms with Gasteiger partial charge in [-0.05, 0) is 31.8 Å². The van der Waals surface area contributed by atoms with Gasteiger partial charge in [-0.25, -0.2) is 4.98 Å². The SMILES string of the molecule is O=C(CCC1CCNC1)Cc1cn2ccsc2n1. The number of fused-ring (bicyclic) bond motifs is 1. The van der Waals surface area contributed by atoms with Crippen molar-refractivity contribution in [1.29, 1.82) is 0 Å². The molecule has 1 aliphatic heterocycles. The number of Topliss-reactive ketones (excluding diaryl/α,β-unsaturated/α-hetero) is 1. The molecule has 3 rings (SSSR count). The molecule has 0 saturated carbocycles. The minimum Gasteiger partial charge on any atom is -0.316 e. The lowest BCUT2D eigenvalue weighted by Crippen LogP contribution is -2.11. The van der Waals surface area contributed by atoms with E-state index < -0.39 is 0 Å². The highest BCUT2D eigenvalue weighted by atomic mass is 32.1. The molecule has 1 saturated heterocycles. The first kappa shape index (κ1) is 11.9. The lowest BCUT2D eigenvalue weighted by Gasteiger charge is -2.06. The maximum Gasteiger partial charge on any atom is 0.193 e. The first-order valence-corrected chi connectivity index (χ1v) is 7.33. The Bertz CT molecular complexity index is 511. The number of hydrogen-bond acceptors (Lipinski definition) is 4. The van der Waals surface area contributed by atoms with Crippen molar-refractivity contribution in [3.05, 3.63) is 23.5 Å². The molecule has 96 valence electrons. The average Bonchev–Trinajstić information content (AvgIpc) is 3.01. The first-order chi connectivity index (χ1) is 8.81. The third-order valence-corrected chi connectivity index (χ3v) is 4.29. The van der Waals surface area contributed by atoms with Crippen LogP contribution in [0.4, 0.5) is 0 Å². The molecule has 4 nitrogen and oxygen atoms in total. The summed E-state index contributed by atoms with van der Waals surface area (Å²) in [6, 6.07) is 0. The monoisotopic (exact) mass is 263 g/mol. The summed E-state index contributed by atoms with van der Waals surface area (Å²) in [7, 11) is 0. The Balaban J connectivity index is 1.52. The van der Waals surface area contributed by atoms with E-state index >= 15 is 0 Å². The molecule has 0 amide bonds. The number of rotatable bonds is 5. The number of imidazole rings is 1. The van der Waals surface area contributed by atoms with Gasteiger partial charge in [0, 0.05) is 24.2 Å². The van der Waals surface area contributed by atoms with Crippen molar-refractivity contribution in [1.82, 2.24) is 14.7 Å². The fourth-order valence-electron chi connectivity index (χ4n) is 2.48. The van der Waals surface area contributed by atoms with E-state index in [1.54, 1.807) is 11.3 Å². The second-order valence-electron chi connectivity index (χ2n) is 4.94. The van der Waals surface area contributed by atoms with Crippen molar-refractivity contribution in [3.8, 4) is 0 Å². The Morgan fingerprint density at radius 3 is 3.33 bits per heavy atom. The average molecular weight is 263 g/mol. The lowest BCUT2D eigenvalue weighted by molar-refractivity contribution is -0.118. The summed E-state index contributed by atoms with van der Waals surface area (Å²) in [4.78, 5) is 17.3. The molecule has 1 N–H and O–H groups in total. The molecule has 1 fully saturated rings. The summed E-state index contributed by atoms with van der Waals surface area (Å²) >= 11 is 1.60. The van der Waals surface area contributed by atoms with Crippen molar-refractivity contribution in [2.75, 3.05) is 13.1 Å². The predicted octanol–water partition coefficient (Wildman–Crippen LogP) is 1.90. The van der Waals surface area contributed by atoms with E-state index in [9.17, 15) is 4.79 Å². The smallest absolute Gasteiger partial charge is 0.193 e. The molecule has 0 spiro atoms. The van der Waals surface area contributed by atoms with Crippen LogP contribution in [0.15, 0.2) is 17.8 Å². The highest BCUT2D eigenvalue weighted by molar-refractivity contribution is 7.15. The zero-order chi connectivity index (χ0) is 12.4. The van der Waals surface area contributed by atoms with Crippen molar-refractivity contribution < 1.29 is 4.79 Å². The second-order valence-corrected chi connectivity index (χ2v) is 5.81. The van der Waals surface area contributed by atoms with Gasteiger partial charge in [0.2, 0.25) is 0 Å². The normalized spacial score (nSPS) is 19.7. The molecule has 2 aromatic rings. The topological polar surface area (TPSA) is 46.4 Å². The molecular formula is C13H17N3OS. The summed E-state index contributed by atoms with van der Waals surface area (Å²) in [5.74, 6) is 1.01. The van der Waals surface area contributed by atoms with Crippen molar-refractivity contribution in [3.63, 3.8) is 0 Å². The predicted molar refractivity (Wildman–Crippen MR) is 72.0 cm³/mol. The standard InChI is InChI=1S/C13H17N3OS/c17-12(2-1-10-3-4-14-8-10)7-11-9-16-5-6-18-13(16)15-11/h5-6,9-10,14H,1-4,7-8H2. The molecule has 5 heteroatoms. The van der Waals surface area contributed by atoms with Gasteiger partial charge in [-0.3, -0.25) is 9.20 Å². The van der Waals surface area contributed by atoms with Gasteiger partial charge in [0.15, 0.2) is 4.96 Å². The summed E-state index contributed by atoms with van der Waals surface area (Å²) in [6.45, 7) is 2.18. The molecular weight excluding hydrogens is 246 g/mol. The van der Waals surface area contributed by atoms with Crippen LogP contribution in [-0.2, 0) is 11.2 Å². The molecule has 1 atom stereocenters. The Labute approximate surface area is 110 Å². The number of nitrogens with zero attached hydrogens (tertiary/aromatic N) is 2. The van der Waals surface area contributed by atoms with Crippen molar-refractivity contribution >= 4 is 22.1 Å². The fourth-order valence-corrected chi connectivity index (χ4v) is 3.20. The Kier molecular flexibility index (Phi) is 3.43. The quantitative estimate of drug-likeness (QED) is 0.896. The van der Waals surface area contributed by atoms with Crippen LogP contribution in [0, 0.1) is 5.92 Å². The largest absolute Gasteiger partial charge is 0.316 e. The maximum absolute atomic E-state index is 11.9.